The SMILES string of the molecule is Cc1noc2ncnc(N3CCCC(C(=O)N4CCN(Cc5ccccc5)CC4)C3)c12. The molecule has 8 nitrogen and oxygen atoms in total. The van der Waals surface area contributed by atoms with Crippen LogP contribution in [0.25, 0.3) is 11.1 Å². The van der Waals surface area contributed by atoms with Crippen LogP contribution in [0, 0.1) is 12.8 Å². The molecular formula is C23H28N6O2. The summed E-state index contributed by atoms with van der Waals surface area (Å²) in [6.45, 7) is 7.84. The van der Waals surface area contributed by atoms with Crippen molar-refractivity contribution in [3.05, 3.63) is 47.9 Å². The van der Waals surface area contributed by atoms with E-state index in [4.69, 9.17) is 4.52 Å². The molecule has 8 heteroatoms. The van der Waals surface area contributed by atoms with E-state index in [9.17, 15) is 4.79 Å². The lowest BCUT2D eigenvalue weighted by atomic mass is 9.96. The summed E-state index contributed by atoms with van der Waals surface area (Å²) in [6.07, 6.45) is 3.41. The second-order valence-corrected chi connectivity index (χ2v) is 8.52. The fraction of sp³-hybridized carbons (Fsp3) is 0.478. The summed E-state index contributed by atoms with van der Waals surface area (Å²) < 4.78 is 5.29. The molecule has 0 saturated carbocycles. The van der Waals surface area contributed by atoms with E-state index in [1.54, 1.807) is 0 Å². The van der Waals surface area contributed by atoms with Gasteiger partial charge in [0.05, 0.1) is 11.6 Å². The van der Waals surface area contributed by atoms with Crippen molar-refractivity contribution in [2.24, 2.45) is 5.92 Å². The molecule has 162 valence electrons. The number of carbonyl (C=O) groups excluding carboxylic acids is 1. The van der Waals surface area contributed by atoms with Crippen molar-refractivity contribution in [1.82, 2.24) is 24.9 Å². The molecule has 1 aromatic carbocycles. The Labute approximate surface area is 181 Å². The van der Waals surface area contributed by atoms with Gasteiger partial charge in [0.1, 0.15) is 17.5 Å². The minimum atomic E-state index is -0.000366. The van der Waals surface area contributed by atoms with E-state index in [1.807, 2.05) is 13.0 Å². The van der Waals surface area contributed by atoms with Crippen molar-refractivity contribution in [3.63, 3.8) is 0 Å². The average Bonchev–Trinajstić information content (AvgIpc) is 3.21. The quantitative estimate of drug-likeness (QED) is 0.642. The Hall–Kier alpha value is -3.00. The van der Waals surface area contributed by atoms with Gasteiger partial charge in [-0.2, -0.15) is 4.98 Å². The summed E-state index contributed by atoms with van der Waals surface area (Å²) in [6, 6.07) is 10.5. The molecule has 0 radical (unpaired) electrons. The van der Waals surface area contributed by atoms with E-state index in [2.05, 4.69) is 54.1 Å². The third-order valence-electron chi connectivity index (χ3n) is 6.43. The average molecular weight is 421 g/mol. The number of amides is 1. The first-order valence-electron chi connectivity index (χ1n) is 11.1. The first-order chi connectivity index (χ1) is 15.2. The molecule has 0 spiro atoms. The predicted octanol–water partition coefficient (Wildman–Crippen LogP) is 2.49. The predicted molar refractivity (Wildman–Crippen MR) is 118 cm³/mol. The molecule has 2 saturated heterocycles. The summed E-state index contributed by atoms with van der Waals surface area (Å²) in [4.78, 5) is 28.7. The maximum Gasteiger partial charge on any atom is 0.263 e. The van der Waals surface area contributed by atoms with Crippen LogP contribution in [0.2, 0.25) is 0 Å². The van der Waals surface area contributed by atoms with Crippen molar-refractivity contribution >= 4 is 22.8 Å². The van der Waals surface area contributed by atoms with E-state index in [0.29, 0.717) is 12.3 Å². The molecule has 31 heavy (non-hydrogen) atoms. The van der Waals surface area contributed by atoms with Crippen LogP contribution in [0.5, 0.6) is 0 Å². The highest BCUT2D eigenvalue weighted by molar-refractivity contribution is 5.88. The molecule has 0 bridgehead atoms. The largest absolute Gasteiger partial charge is 0.355 e. The fourth-order valence-electron chi connectivity index (χ4n) is 4.74. The van der Waals surface area contributed by atoms with Gasteiger partial charge >= 0.3 is 0 Å². The maximum atomic E-state index is 13.3. The van der Waals surface area contributed by atoms with Crippen LogP contribution in [0.4, 0.5) is 5.82 Å². The molecule has 5 rings (SSSR count). The molecule has 2 fully saturated rings. The summed E-state index contributed by atoms with van der Waals surface area (Å²) in [5.74, 6) is 1.10. The van der Waals surface area contributed by atoms with Crippen molar-refractivity contribution in [2.75, 3.05) is 44.2 Å². The van der Waals surface area contributed by atoms with E-state index in [1.165, 1.54) is 11.9 Å². The van der Waals surface area contributed by atoms with Gasteiger partial charge in [0, 0.05) is 45.8 Å². The Balaban J connectivity index is 1.22. The highest BCUT2D eigenvalue weighted by Gasteiger charge is 2.32. The lowest BCUT2D eigenvalue weighted by molar-refractivity contribution is -0.137. The zero-order valence-electron chi connectivity index (χ0n) is 17.9. The van der Waals surface area contributed by atoms with Gasteiger partial charge in [-0.15, -0.1) is 0 Å². The molecule has 2 aliphatic heterocycles. The van der Waals surface area contributed by atoms with Crippen LogP contribution >= 0.6 is 0 Å². The van der Waals surface area contributed by atoms with Crippen LogP contribution in [0.3, 0.4) is 0 Å². The number of hydrogen-bond acceptors (Lipinski definition) is 7. The van der Waals surface area contributed by atoms with Crippen LogP contribution in [-0.2, 0) is 11.3 Å². The Morgan fingerprint density at radius 3 is 2.71 bits per heavy atom. The lowest BCUT2D eigenvalue weighted by Crippen LogP contribution is -2.52. The third-order valence-corrected chi connectivity index (χ3v) is 6.43. The molecule has 0 aliphatic carbocycles. The lowest BCUT2D eigenvalue weighted by Gasteiger charge is -2.39. The number of nitrogens with zero attached hydrogens (tertiary/aromatic N) is 6. The fourth-order valence-corrected chi connectivity index (χ4v) is 4.74. The number of benzene rings is 1. The van der Waals surface area contributed by atoms with Gasteiger partial charge in [-0.05, 0) is 25.3 Å². The second-order valence-electron chi connectivity index (χ2n) is 8.52. The summed E-state index contributed by atoms with van der Waals surface area (Å²) in [7, 11) is 0. The number of piperidine rings is 1. The van der Waals surface area contributed by atoms with Crippen LogP contribution in [-0.4, -0.2) is 70.1 Å². The standard InChI is InChI=1S/C23H28N6O2/c1-17-20-21(24-16-25-22(20)31-26-17)29-9-5-8-19(15-29)23(30)28-12-10-27(11-13-28)14-18-6-3-2-4-7-18/h2-4,6-7,16,19H,5,8-15H2,1H3. The maximum absolute atomic E-state index is 13.3. The molecule has 2 aliphatic rings. The zero-order valence-corrected chi connectivity index (χ0v) is 17.9. The highest BCUT2D eigenvalue weighted by atomic mass is 16.5. The van der Waals surface area contributed by atoms with Gasteiger partial charge in [-0.1, -0.05) is 35.5 Å². The number of piperazine rings is 1. The van der Waals surface area contributed by atoms with Crippen molar-refractivity contribution < 1.29 is 9.32 Å². The van der Waals surface area contributed by atoms with Crippen LogP contribution in [0.1, 0.15) is 24.1 Å². The summed E-state index contributed by atoms with van der Waals surface area (Å²) in [5, 5.41) is 4.88. The first-order valence-corrected chi connectivity index (χ1v) is 11.1. The Morgan fingerprint density at radius 1 is 1.10 bits per heavy atom. The minimum absolute atomic E-state index is 0.000366. The molecule has 1 amide bonds. The van der Waals surface area contributed by atoms with Crippen LogP contribution < -0.4 is 4.90 Å². The van der Waals surface area contributed by atoms with Gasteiger partial charge in [-0.3, -0.25) is 9.69 Å². The summed E-state index contributed by atoms with van der Waals surface area (Å²) in [5.41, 5.74) is 2.62. The highest BCUT2D eigenvalue weighted by Crippen LogP contribution is 2.30. The molecular weight excluding hydrogens is 392 g/mol. The second kappa shape index (κ2) is 8.63. The normalized spacial score (nSPS) is 20.4. The molecule has 0 N–H and O–H groups in total. The van der Waals surface area contributed by atoms with E-state index >= 15 is 0 Å². The van der Waals surface area contributed by atoms with Gasteiger partial charge in [0.2, 0.25) is 5.91 Å². The molecule has 3 aromatic rings. The molecule has 1 unspecified atom stereocenters. The zero-order chi connectivity index (χ0) is 21.2. The third kappa shape index (κ3) is 4.12. The van der Waals surface area contributed by atoms with E-state index in [0.717, 1.165) is 69.0 Å². The number of fused-ring (bicyclic) bond motifs is 1. The van der Waals surface area contributed by atoms with Gasteiger partial charge in [-0.25, -0.2) is 4.98 Å². The van der Waals surface area contributed by atoms with Gasteiger partial charge < -0.3 is 14.3 Å². The van der Waals surface area contributed by atoms with Crippen molar-refractivity contribution in [3.8, 4) is 0 Å². The Kier molecular flexibility index (Phi) is 5.55. The Bertz CT molecular complexity index is 1040. The summed E-state index contributed by atoms with van der Waals surface area (Å²) >= 11 is 0. The number of anilines is 1. The number of aryl methyl sites for hydroxylation is 1. The van der Waals surface area contributed by atoms with E-state index < -0.39 is 0 Å². The van der Waals surface area contributed by atoms with Gasteiger partial charge in [0.15, 0.2) is 0 Å². The Morgan fingerprint density at radius 2 is 1.90 bits per heavy atom. The monoisotopic (exact) mass is 420 g/mol. The molecule has 4 heterocycles. The number of carbonyl (C=O) groups is 1. The van der Waals surface area contributed by atoms with Gasteiger partial charge in [0.25, 0.3) is 5.71 Å². The van der Waals surface area contributed by atoms with Crippen LogP contribution in [0.15, 0.2) is 41.2 Å². The topological polar surface area (TPSA) is 78.6 Å². The van der Waals surface area contributed by atoms with E-state index in [-0.39, 0.29) is 11.8 Å². The first kappa shape index (κ1) is 19.9. The molecule has 1 atom stereocenters. The number of hydrogen-bond donors (Lipinski definition) is 0. The minimum Gasteiger partial charge on any atom is -0.355 e. The smallest absolute Gasteiger partial charge is 0.263 e. The van der Waals surface area contributed by atoms with Crippen molar-refractivity contribution in [1.29, 1.82) is 0 Å². The number of rotatable bonds is 4. The number of aromatic nitrogens is 3. The van der Waals surface area contributed by atoms with Crippen molar-refractivity contribution in [2.45, 2.75) is 26.3 Å². The molecule has 2 aromatic heterocycles.